The van der Waals surface area contributed by atoms with Crippen molar-refractivity contribution in [3.8, 4) is 11.5 Å². The molecule has 3 N–H and O–H groups in total. The Balaban J connectivity index is 2.26. The molecule has 4 heteroatoms. The van der Waals surface area contributed by atoms with Gasteiger partial charge in [0.25, 0.3) is 0 Å². The highest BCUT2D eigenvalue weighted by Gasteiger charge is 2.10. The minimum Gasteiger partial charge on any atom is -0.508 e. The zero-order valence-electron chi connectivity index (χ0n) is 11.8. The second-order valence-electron chi connectivity index (χ2n) is 4.61. The average Bonchev–Trinajstić information content (AvgIpc) is 2.45. The summed E-state index contributed by atoms with van der Waals surface area (Å²) >= 11 is 0. The molecule has 0 aliphatic rings. The number of nitrogen functional groups attached to an aromatic ring is 1. The van der Waals surface area contributed by atoms with E-state index in [1.54, 1.807) is 19.2 Å². The van der Waals surface area contributed by atoms with Crippen LogP contribution in [0.4, 0.5) is 11.4 Å². The van der Waals surface area contributed by atoms with E-state index in [-0.39, 0.29) is 5.75 Å². The van der Waals surface area contributed by atoms with Crippen LogP contribution < -0.4 is 15.4 Å². The molecule has 0 saturated carbocycles. The Bertz CT molecular complexity index is 584. The van der Waals surface area contributed by atoms with Gasteiger partial charge < -0.3 is 20.5 Å². The molecule has 106 valence electrons. The largest absolute Gasteiger partial charge is 0.508 e. The topological polar surface area (TPSA) is 58.7 Å². The molecule has 2 rings (SSSR count). The van der Waals surface area contributed by atoms with E-state index in [9.17, 15) is 5.11 Å². The predicted octanol–water partition coefficient (Wildman–Crippen LogP) is 3.01. The maximum Gasteiger partial charge on any atom is 0.125 e. The van der Waals surface area contributed by atoms with E-state index in [1.165, 1.54) is 0 Å². The summed E-state index contributed by atoms with van der Waals surface area (Å²) in [6, 6.07) is 12.9. The number of benzene rings is 2. The Hall–Kier alpha value is -2.36. The third-order valence-corrected chi connectivity index (χ3v) is 3.25. The fraction of sp³-hybridized carbons (Fsp3) is 0.250. The SMILES string of the molecule is CCN(Cc1ccc(N)cc1OC)c1cccc(O)c1. The standard InChI is InChI=1S/C16H20N2O2/c1-3-18(14-5-4-6-15(19)10-14)11-12-7-8-13(17)9-16(12)20-2/h4-10,19H,3,11,17H2,1-2H3. The minimum absolute atomic E-state index is 0.269. The van der Waals surface area contributed by atoms with Crippen molar-refractivity contribution in [2.75, 3.05) is 24.3 Å². The molecule has 0 aliphatic heterocycles. The Morgan fingerprint density at radius 1 is 1.20 bits per heavy atom. The number of ether oxygens (including phenoxy) is 1. The van der Waals surface area contributed by atoms with E-state index in [2.05, 4.69) is 11.8 Å². The molecule has 0 bridgehead atoms. The monoisotopic (exact) mass is 272 g/mol. The summed E-state index contributed by atoms with van der Waals surface area (Å²) < 4.78 is 5.38. The van der Waals surface area contributed by atoms with Crippen LogP contribution in [0.3, 0.4) is 0 Å². The van der Waals surface area contributed by atoms with E-state index in [1.807, 2.05) is 30.3 Å². The van der Waals surface area contributed by atoms with E-state index in [0.717, 1.165) is 23.5 Å². The number of hydrogen-bond donors (Lipinski definition) is 2. The highest BCUT2D eigenvalue weighted by molar-refractivity contribution is 5.53. The lowest BCUT2D eigenvalue weighted by atomic mass is 10.1. The number of hydrogen-bond acceptors (Lipinski definition) is 4. The van der Waals surface area contributed by atoms with Gasteiger partial charge in [0.05, 0.1) is 7.11 Å². The van der Waals surface area contributed by atoms with Crippen LogP contribution in [0.25, 0.3) is 0 Å². The summed E-state index contributed by atoms with van der Waals surface area (Å²) in [7, 11) is 1.64. The fourth-order valence-electron chi connectivity index (χ4n) is 2.17. The smallest absolute Gasteiger partial charge is 0.125 e. The summed E-state index contributed by atoms with van der Waals surface area (Å²) in [4.78, 5) is 2.16. The Kier molecular flexibility index (Phi) is 4.35. The minimum atomic E-state index is 0.269. The second-order valence-corrected chi connectivity index (χ2v) is 4.61. The van der Waals surface area contributed by atoms with Crippen LogP contribution in [0.15, 0.2) is 42.5 Å². The molecule has 0 heterocycles. The summed E-state index contributed by atoms with van der Waals surface area (Å²) in [6.07, 6.45) is 0. The first-order chi connectivity index (χ1) is 9.63. The number of nitrogens with two attached hydrogens (primary N) is 1. The van der Waals surface area contributed by atoms with Crippen molar-refractivity contribution in [3.63, 3.8) is 0 Å². The number of phenolic OH excluding ortho intramolecular Hbond substituents is 1. The van der Waals surface area contributed by atoms with Gasteiger partial charge >= 0.3 is 0 Å². The zero-order valence-corrected chi connectivity index (χ0v) is 11.8. The molecule has 0 atom stereocenters. The van der Waals surface area contributed by atoms with Gasteiger partial charge in [-0.05, 0) is 25.1 Å². The quantitative estimate of drug-likeness (QED) is 0.821. The van der Waals surface area contributed by atoms with Crippen LogP contribution in [-0.4, -0.2) is 18.8 Å². The highest BCUT2D eigenvalue weighted by Crippen LogP contribution is 2.26. The Labute approximate surface area is 119 Å². The van der Waals surface area contributed by atoms with Gasteiger partial charge in [0.1, 0.15) is 11.5 Å². The molecule has 0 saturated heterocycles. The summed E-state index contributed by atoms with van der Waals surface area (Å²) in [5, 5.41) is 9.59. The summed E-state index contributed by atoms with van der Waals surface area (Å²) in [5.41, 5.74) is 8.50. The molecule has 2 aromatic carbocycles. The first-order valence-corrected chi connectivity index (χ1v) is 6.60. The molecular weight excluding hydrogens is 252 g/mol. The fourth-order valence-corrected chi connectivity index (χ4v) is 2.17. The first kappa shape index (κ1) is 14.1. The number of methoxy groups -OCH3 is 1. The van der Waals surface area contributed by atoms with Gasteiger partial charge in [-0.25, -0.2) is 0 Å². The molecule has 20 heavy (non-hydrogen) atoms. The summed E-state index contributed by atoms with van der Waals surface area (Å²) in [6.45, 7) is 3.61. The summed E-state index contributed by atoms with van der Waals surface area (Å²) in [5.74, 6) is 1.05. The van der Waals surface area contributed by atoms with Crippen LogP contribution in [0.2, 0.25) is 0 Å². The third-order valence-electron chi connectivity index (χ3n) is 3.25. The van der Waals surface area contributed by atoms with Crippen LogP contribution in [-0.2, 0) is 6.54 Å². The normalized spacial score (nSPS) is 10.3. The number of phenols is 1. The van der Waals surface area contributed by atoms with Gasteiger partial charge in [-0.3, -0.25) is 0 Å². The van der Waals surface area contributed by atoms with Gasteiger partial charge in [-0.15, -0.1) is 0 Å². The second kappa shape index (κ2) is 6.19. The molecule has 0 aromatic heterocycles. The maximum absolute atomic E-state index is 9.59. The molecule has 0 spiro atoms. The van der Waals surface area contributed by atoms with Crippen LogP contribution >= 0.6 is 0 Å². The lowest BCUT2D eigenvalue weighted by molar-refractivity contribution is 0.409. The van der Waals surface area contributed by atoms with E-state index < -0.39 is 0 Å². The first-order valence-electron chi connectivity index (χ1n) is 6.60. The van der Waals surface area contributed by atoms with E-state index >= 15 is 0 Å². The number of anilines is 2. The van der Waals surface area contributed by atoms with Crippen molar-refractivity contribution < 1.29 is 9.84 Å². The van der Waals surface area contributed by atoms with Crippen LogP contribution in [0, 0.1) is 0 Å². The van der Waals surface area contributed by atoms with Gasteiger partial charge in [-0.1, -0.05) is 12.1 Å². The van der Waals surface area contributed by atoms with Gasteiger partial charge in [0, 0.05) is 42.2 Å². The molecule has 0 aliphatic carbocycles. The van der Waals surface area contributed by atoms with Crippen molar-refractivity contribution in [3.05, 3.63) is 48.0 Å². The molecular formula is C16H20N2O2. The average molecular weight is 272 g/mol. The Morgan fingerprint density at radius 2 is 2.00 bits per heavy atom. The highest BCUT2D eigenvalue weighted by atomic mass is 16.5. The number of rotatable bonds is 5. The predicted molar refractivity (Wildman–Crippen MR) is 82.2 cm³/mol. The van der Waals surface area contributed by atoms with Crippen molar-refractivity contribution in [1.82, 2.24) is 0 Å². The molecule has 0 fully saturated rings. The van der Waals surface area contributed by atoms with Crippen LogP contribution in [0.5, 0.6) is 11.5 Å². The van der Waals surface area contributed by atoms with Crippen LogP contribution in [0.1, 0.15) is 12.5 Å². The Morgan fingerprint density at radius 3 is 2.65 bits per heavy atom. The molecule has 4 nitrogen and oxygen atoms in total. The van der Waals surface area contributed by atoms with Gasteiger partial charge in [-0.2, -0.15) is 0 Å². The maximum atomic E-state index is 9.59. The molecule has 0 amide bonds. The van der Waals surface area contributed by atoms with Crippen molar-refractivity contribution in [2.45, 2.75) is 13.5 Å². The van der Waals surface area contributed by atoms with Gasteiger partial charge in [0.2, 0.25) is 0 Å². The molecule has 0 unspecified atom stereocenters. The van der Waals surface area contributed by atoms with Crippen molar-refractivity contribution in [2.24, 2.45) is 0 Å². The van der Waals surface area contributed by atoms with Crippen molar-refractivity contribution in [1.29, 1.82) is 0 Å². The lowest BCUT2D eigenvalue weighted by Gasteiger charge is -2.24. The number of nitrogens with zero attached hydrogens (tertiary/aromatic N) is 1. The zero-order chi connectivity index (χ0) is 14.5. The van der Waals surface area contributed by atoms with Gasteiger partial charge in [0.15, 0.2) is 0 Å². The lowest BCUT2D eigenvalue weighted by Crippen LogP contribution is -2.22. The number of aromatic hydroxyl groups is 1. The van der Waals surface area contributed by atoms with E-state index in [4.69, 9.17) is 10.5 Å². The molecule has 2 aromatic rings. The van der Waals surface area contributed by atoms with E-state index in [0.29, 0.717) is 12.2 Å². The molecule has 0 radical (unpaired) electrons. The van der Waals surface area contributed by atoms with Crippen molar-refractivity contribution >= 4 is 11.4 Å². The third kappa shape index (κ3) is 3.15.